The van der Waals surface area contributed by atoms with Gasteiger partial charge in [0.2, 0.25) is 0 Å². The van der Waals surface area contributed by atoms with Gasteiger partial charge in [-0.05, 0) is 30.7 Å². The lowest BCUT2D eigenvalue weighted by Gasteiger charge is -2.24. The number of carboxylic acid groups (broad SMARTS) is 1. The van der Waals surface area contributed by atoms with Gasteiger partial charge in [-0.2, -0.15) is 0 Å². The highest BCUT2D eigenvalue weighted by molar-refractivity contribution is 5.93. The minimum atomic E-state index is -1.03. The molecule has 2 rings (SSSR count). The van der Waals surface area contributed by atoms with Gasteiger partial charge >= 0.3 is 12.0 Å². The summed E-state index contributed by atoms with van der Waals surface area (Å²) in [5, 5.41) is 20.8. The van der Waals surface area contributed by atoms with Crippen LogP contribution in [0.5, 0.6) is 0 Å². The number of hydrogen-bond donors (Lipinski definition) is 3. The van der Waals surface area contributed by atoms with Crippen molar-refractivity contribution in [3.05, 3.63) is 29.8 Å². The summed E-state index contributed by atoms with van der Waals surface area (Å²) in [6.45, 7) is 1.05. The Hall–Kier alpha value is -2.12. The maximum absolute atomic E-state index is 12.2. The largest absolute Gasteiger partial charge is 0.478 e. The number of benzene rings is 1. The van der Waals surface area contributed by atoms with Gasteiger partial charge < -0.3 is 20.3 Å². The topological polar surface area (TPSA) is 99.1 Å². The minimum Gasteiger partial charge on any atom is -0.478 e. The second-order valence-corrected chi connectivity index (χ2v) is 4.74. The van der Waals surface area contributed by atoms with Crippen molar-refractivity contribution in [1.29, 1.82) is 0 Å². The first-order valence-electron chi connectivity index (χ1n) is 6.72. The van der Waals surface area contributed by atoms with Gasteiger partial charge in [0.05, 0.1) is 31.4 Å². The molecule has 1 atom stereocenters. The van der Waals surface area contributed by atoms with Gasteiger partial charge in [0.15, 0.2) is 0 Å². The number of aromatic carboxylic acids is 1. The predicted octanol–water partition coefficient (Wildman–Crippen LogP) is 0.682. The van der Waals surface area contributed by atoms with Gasteiger partial charge in [-0.15, -0.1) is 0 Å². The van der Waals surface area contributed by atoms with E-state index in [2.05, 4.69) is 5.32 Å². The number of anilines is 1. The van der Waals surface area contributed by atoms with Crippen molar-refractivity contribution < 1.29 is 24.5 Å². The van der Waals surface area contributed by atoms with E-state index in [9.17, 15) is 9.59 Å². The quantitative estimate of drug-likeness (QED) is 0.741. The Labute approximate surface area is 122 Å². The number of carboxylic acids is 1. The maximum Gasteiger partial charge on any atom is 0.335 e. The fraction of sp³-hybridized carbons (Fsp3) is 0.429. The summed E-state index contributed by atoms with van der Waals surface area (Å²) in [7, 11) is 0. The lowest BCUT2D eigenvalue weighted by Crippen LogP contribution is -2.46. The Morgan fingerprint density at radius 3 is 2.57 bits per heavy atom. The predicted molar refractivity (Wildman–Crippen MR) is 75.6 cm³/mol. The normalized spacial score (nSPS) is 17.5. The second kappa shape index (κ2) is 7.05. The zero-order valence-electron chi connectivity index (χ0n) is 11.5. The maximum atomic E-state index is 12.2. The molecular formula is C14H18N2O5. The standard InChI is InChI=1S/C14H18N2O5/c17-7-6-16(14(20)15-11-5-8-21-9-11)12-3-1-10(2-4-12)13(18)19/h1-4,11,17H,5-9H2,(H,15,20)(H,18,19). The molecule has 1 aromatic carbocycles. The van der Waals surface area contributed by atoms with Crippen molar-refractivity contribution in [2.75, 3.05) is 31.3 Å². The number of urea groups is 1. The molecule has 7 nitrogen and oxygen atoms in total. The Balaban J connectivity index is 2.09. The lowest BCUT2D eigenvalue weighted by atomic mass is 10.2. The fourth-order valence-corrected chi connectivity index (χ4v) is 2.13. The third-order valence-electron chi connectivity index (χ3n) is 3.25. The van der Waals surface area contributed by atoms with Crippen molar-refractivity contribution in [3.63, 3.8) is 0 Å². The van der Waals surface area contributed by atoms with Crippen molar-refractivity contribution >= 4 is 17.7 Å². The molecule has 0 radical (unpaired) electrons. The summed E-state index contributed by atoms with van der Waals surface area (Å²) in [6, 6.07) is 5.58. The number of aliphatic hydroxyl groups is 1. The van der Waals surface area contributed by atoms with Crippen LogP contribution in [0.2, 0.25) is 0 Å². The highest BCUT2D eigenvalue weighted by atomic mass is 16.5. The van der Waals surface area contributed by atoms with Gasteiger partial charge in [-0.1, -0.05) is 0 Å². The van der Waals surface area contributed by atoms with Crippen molar-refractivity contribution in [2.45, 2.75) is 12.5 Å². The van der Waals surface area contributed by atoms with E-state index in [1.807, 2.05) is 0 Å². The molecule has 1 fully saturated rings. The molecule has 0 aromatic heterocycles. The highest BCUT2D eigenvalue weighted by Gasteiger charge is 2.22. The Bertz CT molecular complexity index is 497. The van der Waals surface area contributed by atoms with E-state index in [1.165, 1.54) is 17.0 Å². The van der Waals surface area contributed by atoms with Crippen molar-refractivity contribution in [1.82, 2.24) is 5.32 Å². The molecule has 7 heteroatoms. The Kier molecular flexibility index (Phi) is 5.13. The van der Waals surface area contributed by atoms with Crippen molar-refractivity contribution in [2.24, 2.45) is 0 Å². The van der Waals surface area contributed by atoms with E-state index in [0.717, 1.165) is 6.42 Å². The van der Waals surface area contributed by atoms with Gasteiger partial charge in [-0.25, -0.2) is 9.59 Å². The third kappa shape index (κ3) is 3.93. The molecule has 1 aromatic rings. The van der Waals surface area contributed by atoms with Gasteiger partial charge in [-0.3, -0.25) is 4.90 Å². The molecule has 114 valence electrons. The van der Waals surface area contributed by atoms with Crippen LogP contribution in [0.1, 0.15) is 16.8 Å². The minimum absolute atomic E-state index is 0.0306. The zero-order valence-corrected chi connectivity index (χ0v) is 11.5. The first kappa shape index (κ1) is 15.3. The molecule has 0 bridgehead atoms. The summed E-state index contributed by atoms with van der Waals surface area (Å²) < 4.78 is 5.20. The van der Waals surface area contributed by atoms with Crippen LogP contribution in [-0.2, 0) is 4.74 Å². The average molecular weight is 294 g/mol. The molecule has 21 heavy (non-hydrogen) atoms. The molecule has 1 saturated heterocycles. The number of nitrogens with one attached hydrogen (secondary N) is 1. The van der Waals surface area contributed by atoms with E-state index in [0.29, 0.717) is 18.9 Å². The molecule has 1 heterocycles. The summed E-state index contributed by atoms with van der Waals surface area (Å²) in [5.74, 6) is -1.03. The van der Waals surface area contributed by atoms with E-state index in [4.69, 9.17) is 14.9 Å². The monoisotopic (exact) mass is 294 g/mol. The molecule has 0 saturated carbocycles. The van der Waals surface area contributed by atoms with E-state index in [-0.39, 0.29) is 30.8 Å². The SMILES string of the molecule is O=C(O)c1ccc(N(CCO)C(=O)NC2CCOC2)cc1. The molecule has 1 aliphatic rings. The molecule has 1 aliphatic heterocycles. The van der Waals surface area contributed by atoms with Crippen LogP contribution in [0.4, 0.5) is 10.5 Å². The smallest absolute Gasteiger partial charge is 0.335 e. The molecule has 0 aliphatic carbocycles. The van der Waals surface area contributed by atoms with Gasteiger partial charge in [0.25, 0.3) is 0 Å². The number of carbonyl (C=O) groups excluding carboxylic acids is 1. The van der Waals surface area contributed by atoms with Gasteiger partial charge in [0, 0.05) is 12.3 Å². The number of rotatable bonds is 5. The number of nitrogens with zero attached hydrogens (tertiary/aromatic N) is 1. The summed E-state index contributed by atoms with van der Waals surface area (Å²) in [4.78, 5) is 24.4. The van der Waals surface area contributed by atoms with Crippen molar-refractivity contribution in [3.8, 4) is 0 Å². The summed E-state index contributed by atoms with van der Waals surface area (Å²) in [6.07, 6.45) is 0.761. The lowest BCUT2D eigenvalue weighted by molar-refractivity contribution is 0.0697. The first-order valence-corrected chi connectivity index (χ1v) is 6.72. The zero-order chi connectivity index (χ0) is 15.2. The van der Waals surface area contributed by atoms with E-state index in [1.54, 1.807) is 12.1 Å². The van der Waals surface area contributed by atoms with Crippen LogP contribution >= 0.6 is 0 Å². The Morgan fingerprint density at radius 2 is 2.05 bits per heavy atom. The molecule has 0 spiro atoms. The van der Waals surface area contributed by atoms with E-state index >= 15 is 0 Å². The molecule has 1 unspecified atom stereocenters. The number of amides is 2. The number of aliphatic hydroxyl groups excluding tert-OH is 1. The van der Waals surface area contributed by atoms with E-state index < -0.39 is 5.97 Å². The van der Waals surface area contributed by atoms with Gasteiger partial charge in [0.1, 0.15) is 0 Å². The average Bonchev–Trinajstić information content (AvgIpc) is 2.97. The second-order valence-electron chi connectivity index (χ2n) is 4.74. The number of carbonyl (C=O) groups is 2. The molecule has 3 N–H and O–H groups in total. The van der Waals surface area contributed by atoms with Crippen LogP contribution in [-0.4, -0.2) is 54.6 Å². The van der Waals surface area contributed by atoms with Crippen LogP contribution in [0.15, 0.2) is 24.3 Å². The number of ether oxygens (including phenoxy) is 1. The molecule has 2 amide bonds. The summed E-state index contributed by atoms with van der Waals surface area (Å²) in [5.41, 5.74) is 0.678. The molecular weight excluding hydrogens is 276 g/mol. The number of hydrogen-bond acceptors (Lipinski definition) is 4. The highest BCUT2D eigenvalue weighted by Crippen LogP contribution is 2.16. The fourth-order valence-electron chi connectivity index (χ4n) is 2.13. The van der Waals surface area contributed by atoms with Crippen LogP contribution in [0.25, 0.3) is 0 Å². The van der Waals surface area contributed by atoms with Crippen LogP contribution in [0.3, 0.4) is 0 Å². The third-order valence-corrected chi connectivity index (χ3v) is 3.25. The Morgan fingerprint density at radius 1 is 1.33 bits per heavy atom. The first-order chi connectivity index (χ1) is 10.1. The van der Waals surface area contributed by atoms with Crippen LogP contribution < -0.4 is 10.2 Å². The summed E-state index contributed by atoms with van der Waals surface area (Å²) >= 11 is 0. The van der Waals surface area contributed by atoms with Crippen LogP contribution in [0, 0.1) is 0 Å².